The molecule has 12 aromatic carbocycles. The summed E-state index contributed by atoms with van der Waals surface area (Å²) in [5.74, 6) is 0.757. The molecule has 1 fully saturated rings. The van der Waals surface area contributed by atoms with Gasteiger partial charge in [0.05, 0.1) is 11.2 Å². The number of allylic oxidation sites excluding steroid dienone is 5. The van der Waals surface area contributed by atoms with Crippen molar-refractivity contribution in [2.24, 2.45) is 5.92 Å². The van der Waals surface area contributed by atoms with E-state index in [0.717, 1.165) is 19.3 Å². The Bertz CT molecular complexity index is 4910. The lowest BCUT2D eigenvalue weighted by atomic mass is 9.81. The Hall–Kier alpha value is -9.56. The van der Waals surface area contributed by atoms with E-state index in [0.29, 0.717) is 11.8 Å². The number of aromatic nitrogens is 1. The van der Waals surface area contributed by atoms with Gasteiger partial charge in [0.15, 0.2) is 0 Å². The number of fused-ring (bicyclic) bond motifs is 14. The quantitative estimate of drug-likeness (QED) is 0.134. The molecule has 1 saturated carbocycles. The maximum absolute atomic E-state index is 2.60. The predicted molar refractivity (Wildman–Crippen MR) is 347 cm³/mol. The smallest absolute Gasteiger partial charge is 0.0537 e. The van der Waals surface area contributed by atoms with Crippen LogP contribution >= 0.6 is 0 Å². The van der Waals surface area contributed by atoms with E-state index in [9.17, 15) is 0 Å². The molecule has 4 aliphatic carbocycles. The van der Waals surface area contributed by atoms with E-state index in [4.69, 9.17) is 0 Å². The predicted octanol–water partition coefficient (Wildman–Crippen LogP) is 21.2. The van der Waals surface area contributed by atoms with Gasteiger partial charge in [0.25, 0.3) is 0 Å². The van der Waals surface area contributed by atoms with E-state index < -0.39 is 0 Å². The molecule has 0 bridgehead atoms. The zero-order chi connectivity index (χ0) is 54.3. The fourth-order valence-corrected chi connectivity index (χ4v) is 15.2. The number of hydrogen-bond donors (Lipinski definition) is 0. The van der Waals surface area contributed by atoms with E-state index >= 15 is 0 Å². The number of nitrogens with zero attached hydrogens (tertiary/aromatic N) is 1. The van der Waals surface area contributed by atoms with Gasteiger partial charge in [-0.05, 0) is 200 Å². The van der Waals surface area contributed by atoms with Gasteiger partial charge in [0.2, 0.25) is 0 Å². The van der Waals surface area contributed by atoms with Crippen LogP contribution in [0.25, 0.3) is 116 Å². The molecule has 3 unspecified atom stereocenters. The maximum atomic E-state index is 2.60. The molecule has 13 aromatic rings. The summed E-state index contributed by atoms with van der Waals surface area (Å²) in [6, 6.07) is 91.6. The van der Waals surface area contributed by atoms with Crippen LogP contribution in [0, 0.1) is 5.92 Å². The zero-order valence-electron chi connectivity index (χ0n) is 46.2. The van der Waals surface area contributed by atoms with Gasteiger partial charge in [-0.25, -0.2) is 0 Å². The Balaban J connectivity index is 0.751. The van der Waals surface area contributed by atoms with Crippen molar-refractivity contribution in [2.75, 3.05) is 0 Å². The van der Waals surface area contributed by atoms with E-state index in [-0.39, 0.29) is 10.8 Å². The van der Waals surface area contributed by atoms with Crippen molar-refractivity contribution >= 4 is 65.6 Å². The standard InChI is InChI=1S/C81H59N/c1-80(2)74-48-57(55-30-28-54(29-31-55)53-16-4-3-5-17-53)34-38-69(74)70-39-37-62(49-75(70)80)82-77-40-27-52(43-51-15-14-20-58(44-51)72-47-60-19-7-9-22-64(60)66-24-11-13-26-68(66)72)45-73(77)79-76-50-81(76,42-41-78(79)82)61-35-32-56(33-36-61)71-46-59-18-6-8-21-63(59)65-23-10-12-25-67(65)71/h3-14,16-42,44-49,51,76H,15,43,50H2,1-2H3. The van der Waals surface area contributed by atoms with Crippen LogP contribution in [0.15, 0.2) is 267 Å². The summed E-state index contributed by atoms with van der Waals surface area (Å²) in [5.41, 5.74) is 23.5. The fraction of sp³-hybridized carbons (Fsp3) is 0.111. The van der Waals surface area contributed by atoms with Gasteiger partial charge in [0.1, 0.15) is 0 Å². The molecule has 0 spiro atoms. The fourth-order valence-electron chi connectivity index (χ4n) is 15.2. The van der Waals surface area contributed by atoms with Gasteiger partial charge in [-0.2, -0.15) is 0 Å². The SMILES string of the molecule is CC1(C)c2cc(-c3ccc(-c4ccccc4)cc3)ccc2-c2ccc(-n3c4c(c5cc(CC6C=C(c7cc8ccccc8c8ccccc78)C=CC6)ccc53)C3CC3(c3ccc(-c5cc6ccccc6c6ccccc56)cc3)C=C4)cc21. The highest BCUT2D eigenvalue weighted by atomic mass is 15.0. The molecule has 1 heteroatoms. The molecule has 0 N–H and O–H groups in total. The third kappa shape index (κ3) is 7.25. The summed E-state index contributed by atoms with van der Waals surface area (Å²) in [6.07, 6.45) is 15.5. The molecule has 388 valence electrons. The zero-order valence-corrected chi connectivity index (χ0v) is 46.2. The van der Waals surface area contributed by atoms with Crippen LogP contribution in [0.3, 0.4) is 0 Å². The van der Waals surface area contributed by atoms with Crippen LogP contribution in [0.1, 0.15) is 71.7 Å². The lowest BCUT2D eigenvalue weighted by molar-refractivity contribution is 0.656. The molecule has 17 rings (SSSR count). The minimum absolute atomic E-state index is 0.0539. The molecule has 0 aliphatic heterocycles. The van der Waals surface area contributed by atoms with Crippen LogP contribution < -0.4 is 0 Å². The van der Waals surface area contributed by atoms with E-state index in [2.05, 4.69) is 291 Å². The lowest BCUT2D eigenvalue weighted by Gasteiger charge is -2.23. The Morgan fingerprint density at radius 2 is 1.01 bits per heavy atom. The highest BCUT2D eigenvalue weighted by molar-refractivity contribution is 6.14. The number of benzene rings is 12. The summed E-state index contributed by atoms with van der Waals surface area (Å²) < 4.78 is 2.60. The first kappa shape index (κ1) is 47.3. The summed E-state index contributed by atoms with van der Waals surface area (Å²) >= 11 is 0. The summed E-state index contributed by atoms with van der Waals surface area (Å²) in [5, 5.41) is 11.8. The Morgan fingerprint density at radius 1 is 0.439 bits per heavy atom. The molecule has 0 saturated heterocycles. The molecule has 82 heavy (non-hydrogen) atoms. The van der Waals surface area contributed by atoms with Crippen LogP contribution in [0.4, 0.5) is 0 Å². The molecule has 3 atom stereocenters. The summed E-state index contributed by atoms with van der Waals surface area (Å²) in [6.45, 7) is 4.85. The van der Waals surface area contributed by atoms with Gasteiger partial charge in [-0.15, -0.1) is 0 Å². The van der Waals surface area contributed by atoms with Crippen molar-refractivity contribution in [3.05, 3.63) is 306 Å². The second-order valence-corrected chi connectivity index (χ2v) is 24.4. The average molecular weight is 1050 g/mol. The monoisotopic (exact) mass is 1050 g/mol. The normalized spacial score (nSPS) is 18.2. The Kier molecular flexibility index (Phi) is 10.4. The molecule has 0 radical (unpaired) electrons. The average Bonchev–Trinajstić information content (AvgIpc) is 2.49. The summed E-state index contributed by atoms with van der Waals surface area (Å²) in [7, 11) is 0. The Labute approximate surface area is 479 Å². The Morgan fingerprint density at radius 3 is 1.73 bits per heavy atom. The van der Waals surface area contributed by atoms with E-state index in [1.807, 2.05) is 0 Å². The first-order valence-corrected chi connectivity index (χ1v) is 29.5. The van der Waals surface area contributed by atoms with Crippen molar-refractivity contribution in [2.45, 2.75) is 49.9 Å². The minimum Gasteiger partial charge on any atom is -0.310 e. The highest BCUT2D eigenvalue weighted by Gasteiger charge is 2.57. The molecule has 4 aliphatic rings. The van der Waals surface area contributed by atoms with Crippen molar-refractivity contribution < 1.29 is 0 Å². The first-order chi connectivity index (χ1) is 40.3. The maximum Gasteiger partial charge on any atom is 0.0537 e. The topological polar surface area (TPSA) is 4.93 Å². The van der Waals surface area contributed by atoms with E-state index in [1.165, 1.54) is 149 Å². The third-order valence-electron chi connectivity index (χ3n) is 19.5. The minimum atomic E-state index is -0.191. The van der Waals surface area contributed by atoms with Crippen molar-refractivity contribution in [1.29, 1.82) is 0 Å². The van der Waals surface area contributed by atoms with Gasteiger partial charge in [-0.3, -0.25) is 0 Å². The van der Waals surface area contributed by atoms with Crippen LogP contribution in [0.2, 0.25) is 0 Å². The van der Waals surface area contributed by atoms with Crippen molar-refractivity contribution in [3.63, 3.8) is 0 Å². The first-order valence-electron chi connectivity index (χ1n) is 29.5. The van der Waals surface area contributed by atoms with E-state index in [1.54, 1.807) is 0 Å². The van der Waals surface area contributed by atoms with Gasteiger partial charge in [0, 0.05) is 27.8 Å². The lowest BCUT2D eigenvalue weighted by Crippen LogP contribution is -2.16. The molecule has 0 amide bonds. The van der Waals surface area contributed by atoms with Crippen molar-refractivity contribution in [3.8, 4) is 50.2 Å². The largest absolute Gasteiger partial charge is 0.310 e. The molecular formula is C81H59N. The van der Waals surface area contributed by atoms with Gasteiger partial charge >= 0.3 is 0 Å². The van der Waals surface area contributed by atoms with Crippen LogP contribution in [-0.2, 0) is 17.3 Å². The summed E-state index contributed by atoms with van der Waals surface area (Å²) in [4.78, 5) is 0. The van der Waals surface area contributed by atoms with Crippen LogP contribution in [-0.4, -0.2) is 4.57 Å². The highest BCUT2D eigenvalue weighted by Crippen LogP contribution is 2.66. The number of hydrogen-bond acceptors (Lipinski definition) is 0. The molecule has 1 nitrogen and oxygen atoms in total. The second kappa shape index (κ2) is 18.0. The molecule has 1 heterocycles. The van der Waals surface area contributed by atoms with Gasteiger partial charge < -0.3 is 4.57 Å². The number of rotatable bonds is 8. The third-order valence-corrected chi connectivity index (χ3v) is 19.5. The van der Waals surface area contributed by atoms with Crippen molar-refractivity contribution in [1.82, 2.24) is 4.57 Å². The molecular weight excluding hydrogens is 987 g/mol. The van der Waals surface area contributed by atoms with Gasteiger partial charge in [-0.1, -0.05) is 238 Å². The second-order valence-electron chi connectivity index (χ2n) is 24.4. The molecule has 1 aromatic heterocycles. The van der Waals surface area contributed by atoms with Crippen LogP contribution in [0.5, 0.6) is 0 Å².